The van der Waals surface area contributed by atoms with E-state index in [2.05, 4.69) is 47.9 Å². The van der Waals surface area contributed by atoms with Crippen molar-refractivity contribution in [3.05, 3.63) is 91.5 Å². The first kappa shape index (κ1) is 25.0. The van der Waals surface area contributed by atoms with Gasteiger partial charge in [-0.15, -0.1) is 0 Å². The number of rotatable bonds is 4. The maximum absolute atomic E-state index is 13.3. The minimum Gasteiger partial charge on any atom is -0.320 e. The van der Waals surface area contributed by atoms with Crippen molar-refractivity contribution in [2.75, 3.05) is 16.1 Å². The van der Waals surface area contributed by atoms with Gasteiger partial charge in [-0.2, -0.15) is 0 Å². The maximum atomic E-state index is 13.3. The number of carbonyl (C=O) groups excluding carboxylic acids is 3. The Morgan fingerprint density at radius 2 is 1.54 bits per heavy atom. The van der Waals surface area contributed by atoms with E-state index in [0.29, 0.717) is 16.6 Å². The Hall–Kier alpha value is -3.14. The number of benzene rings is 3. The number of nitrogens with one attached hydrogen (secondary N) is 3. The quantitative estimate of drug-likeness (QED) is 0.231. The minimum absolute atomic E-state index is 0.154. The van der Waals surface area contributed by atoms with E-state index in [9.17, 15) is 14.4 Å². The zero-order valence-electron chi connectivity index (χ0n) is 18.6. The van der Waals surface area contributed by atoms with E-state index >= 15 is 0 Å². The molecule has 4 aromatic rings. The van der Waals surface area contributed by atoms with Gasteiger partial charge in [-0.3, -0.25) is 19.8 Å². The lowest BCUT2D eigenvalue weighted by Crippen LogP contribution is -2.36. The fraction of sp³-hybridized carbons (Fsp3) is 0.0800. The van der Waals surface area contributed by atoms with Crippen LogP contribution in [0.1, 0.15) is 21.6 Å². The largest absolute Gasteiger partial charge is 0.328 e. The predicted molar refractivity (Wildman–Crippen MR) is 146 cm³/mol. The number of hydrogen-bond acceptors (Lipinski definition) is 3. The van der Waals surface area contributed by atoms with Crippen LogP contribution in [-0.2, 0) is 9.59 Å². The van der Waals surface area contributed by atoms with Crippen LogP contribution in [0, 0.1) is 13.8 Å². The fourth-order valence-electron chi connectivity index (χ4n) is 3.47. The van der Waals surface area contributed by atoms with Gasteiger partial charge in [0, 0.05) is 20.0 Å². The van der Waals surface area contributed by atoms with E-state index in [1.165, 1.54) is 4.68 Å². The summed E-state index contributed by atoms with van der Waals surface area (Å²) in [4.78, 5) is 38.7. The number of halogens is 3. The van der Waals surface area contributed by atoms with Gasteiger partial charge < -0.3 is 10.6 Å². The number of aromatic nitrogens is 1. The normalized spacial score (nSPS) is 10.8. The first-order valence-electron chi connectivity index (χ1n) is 10.4. The van der Waals surface area contributed by atoms with Crippen LogP contribution in [0.3, 0.4) is 0 Å². The predicted octanol–water partition coefficient (Wildman–Crippen LogP) is 6.40. The smallest absolute Gasteiger partial charge is 0.320 e. The number of amides is 3. The fourth-order valence-corrected chi connectivity index (χ4v) is 4.57. The lowest BCUT2D eigenvalue weighted by molar-refractivity contribution is -0.133. The van der Waals surface area contributed by atoms with E-state index in [1.807, 2.05) is 32.0 Å². The zero-order valence-corrected chi connectivity index (χ0v) is 22.5. The summed E-state index contributed by atoms with van der Waals surface area (Å²) in [5.74, 6) is -2.35. The van der Waals surface area contributed by atoms with Crippen LogP contribution in [0.4, 0.5) is 11.4 Å². The molecule has 0 aliphatic heterocycles. The molecule has 0 fully saturated rings. The van der Waals surface area contributed by atoms with Crippen LogP contribution in [0.15, 0.2) is 69.6 Å². The number of hydrogen-bond donors (Lipinski definition) is 3. The van der Waals surface area contributed by atoms with Gasteiger partial charge in [0.05, 0.1) is 16.2 Å². The molecule has 0 aliphatic carbocycles. The Morgan fingerprint density at radius 1 is 0.829 bits per heavy atom. The van der Waals surface area contributed by atoms with E-state index in [1.54, 1.807) is 42.5 Å². The third-order valence-corrected chi connectivity index (χ3v) is 6.75. The monoisotopic (exact) mass is 616 g/mol. The van der Waals surface area contributed by atoms with E-state index in [4.69, 9.17) is 11.6 Å². The van der Waals surface area contributed by atoms with Gasteiger partial charge in [0.25, 0.3) is 5.91 Å². The number of nitrogens with zero attached hydrogens (tertiary/aromatic N) is 1. The lowest BCUT2D eigenvalue weighted by atomic mass is 10.1. The van der Waals surface area contributed by atoms with Crippen molar-refractivity contribution in [2.24, 2.45) is 0 Å². The van der Waals surface area contributed by atoms with Crippen LogP contribution in [0.5, 0.6) is 0 Å². The molecule has 3 aromatic carbocycles. The molecule has 0 saturated heterocycles. The van der Waals surface area contributed by atoms with Crippen molar-refractivity contribution in [2.45, 2.75) is 13.8 Å². The number of anilines is 2. The number of aryl methyl sites for hydroxylation is 1. The highest BCUT2D eigenvalue weighted by Crippen LogP contribution is 2.27. The summed E-state index contributed by atoms with van der Waals surface area (Å²) in [6.45, 7) is 3.87. The molecule has 35 heavy (non-hydrogen) atoms. The Morgan fingerprint density at radius 3 is 2.29 bits per heavy atom. The zero-order chi connectivity index (χ0) is 25.3. The molecule has 7 nitrogen and oxygen atoms in total. The molecule has 10 heteroatoms. The molecule has 3 amide bonds. The van der Waals surface area contributed by atoms with Crippen molar-refractivity contribution in [1.82, 2.24) is 4.68 Å². The molecule has 1 heterocycles. The Balaban J connectivity index is 1.65. The average Bonchev–Trinajstić information content (AvgIpc) is 3.16. The van der Waals surface area contributed by atoms with Crippen LogP contribution in [-0.4, -0.2) is 22.4 Å². The molecule has 0 unspecified atom stereocenters. The Bertz CT molecular complexity index is 1500. The molecule has 0 radical (unpaired) electrons. The van der Waals surface area contributed by atoms with Crippen LogP contribution >= 0.6 is 43.5 Å². The van der Waals surface area contributed by atoms with Crippen molar-refractivity contribution < 1.29 is 14.4 Å². The molecule has 0 spiro atoms. The third-order valence-electron chi connectivity index (χ3n) is 5.45. The molecular weight excluding hydrogens is 600 g/mol. The first-order chi connectivity index (χ1) is 16.6. The first-order valence-corrected chi connectivity index (χ1v) is 12.4. The second-order valence-electron chi connectivity index (χ2n) is 7.79. The third kappa shape index (κ3) is 5.42. The van der Waals surface area contributed by atoms with Crippen LogP contribution < -0.4 is 16.1 Å². The van der Waals surface area contributed by atoms with Crippen molar-refractivity contribution in [1.29, 1.82) is 0 Å². The number of fused-ring (bicyclic) bond motifs is 1. The van der Waals surface area contributed by atoms with E-state index < -0.39 is 17.7 Å². The number of carbonyl (C=O) groups is 3. The highest BCUT2D eigenvalue weighted by atomic mass is 79.9. The van der Waals surface area contributed by atoms with Crippen molar-refractivity contribution in [3.63, 3.8) is 0 Å². The molecule has 4 rings (SSSR count). The molecule has 0 aliphatic rings. The van der Waals surface area contributed by atoms with Gasteiger partial charge >= 0.3 is 11.8 Å². The topological polar surface area (TPSA) is 92.2 Å². The van der Waals surface area contributed by atoms with E-state index in [-0.39, 0.29) is 16.4 Å². The molecule has 178 valence electrons. The Labute approximate surface area is 223 Å². The van der Waals surface area contributed by atoms with Gasteiger partial charge in [0.2, 0.25) is 0 Å². The standard InChI is InChI=1S/C25H19Br2ClN4O3/c1-13-4-3-5-19(14(13)2)29-23(33)22-11-15-10-16(26)7-9-21(15)32(22)31-25(35)24(34)30-20-8-6-17(27)12-18(20)28/h3-12H,1-2H3,(H,29,33)(H,30,34)(H,31,35). The molecular formula is C25H19Br2ClN4O3. The summed E-state index contributed by atoms with van der Waals surface area (Å²) >= 11 is 12.9. The van der Waals surface area contributed by atoms with Crippen LogP contribution in [0.25, 0.3) is 10.9 Å². The second kappa shape index (κ2) is 10.2. The Kier molecular flexibility index (Phi) is 7.30. The summed E-state index contributed by atoms with van der Waals surface area (Å²) in [6, 6.07) is 17.4. The van der Waals surface area contributed by atoms with Gasteiger partial charge in [-0.25, -0.2) is 4.68 Å². The van der Waals surface area contributed by atoms with E-state index in [0.717, 1.165) is 20.1 Å². The van der Waals surface area contributed by atoms with Gasteiger partial charge in [0.1, 0.15) is 5.69 Å². The highest BCUT2D eigenvalue weighted by Gasteiger charge is 2.22. The molecule has 0 saturated carbocycles. The molecule has 0 atom stereocenters. The van der Waals surface area contributed by atoms with Crippen molar-refractivity contribution in [3.8, 4) is 0 Å². The molecule has 0 bridgehead atoms. The summed E-state index contributed by atoms with van der Waals surface area (Å²) in [6.07, 6.45) is 0. The van der Waals surface area contributed by atoms with Gasteiger partial charge in [-0.1, -0.05) is 55.6 Å². The summed E-state index contributed by atoms with van der Waals surface area (Å²) in [5, 5.41) is 6.34. The van der Waals surface area contributed by atoms with Gasteiger partial charge in [-0.05, 0) is 73.5 Å². The molecule has 3 N–H and O–H groups in total. The molecule has 1 aromatic heterocycles. The highest BCUT2D eigenvalue weighted by molar-refractivity contribution is 9.10. The minimum atomic E-state index is -0.967. The van der Waals surface area contributed by atoms with Gasteiger partial charge in [0.15, 0.2) is 0 Å². The van der Waals surface area contributed by atoms with Crippen LogP contribution in [0.2, 0.25) is 5.02 Å². The second-order valence-corrected chi connectivity index (χ2v) is 10.0. The summed E-state index contributed by atoms with van der Waals surface area (Å²) in [7, 11) is 0. The summed E-state index contributed by atoms with van der Waals surface area (Å²) in [5.41, 5.74) is 6.13. The average molecular weight is 619 g/mol. The maximum Gasteiger partial charge on any atom is 0.328 e. The lowest BCUT2D eigenvalue weighted by Gasteiger charge is -2.14. The van der Waals surface area contributed by atoms with Crippen molar-refractivity contribution >= 4 is 83.5 Å². The SMILES string of the molecule is Cc1cccc(NC(=O)c2cc3cc(Br)ccc3n2NC(=O)C(=O)Nc2ccc(Br)cc2Cl)c1C. The summed E-state index contributed by atoms with van der Waals surface area (Å²) < 4.78 is 2.83.